The van der Waals surface area contributed by atoms with Gasteiger partial charge in [0.25, 0.3) is 0 Å². The van der Waals surface area contributed by atoms with Gasteiger partial charge in [0.15, 0.2) is 0 Å². The van der Waals surface area contributed by atoms with Gasteiger partial charge in [-0.15, -0.1) is 0 Å². The number of nitrogens with two attached hydrogens (primary N) is 1. The van der Waals surface area contributed by atoms with E-state index in [4.69, 9.17) is 17.3 Å². The molecule has 1 saturated carbocycles. The number of primary amides is 1. The zero-order valence-corrected chi connectivity index (χ0v) is 10.8. The molecule has 1 aliphatic rings. The highest BCUT2D eigenvalue weighted by Gasteiger charge is 2.29. The fraction of sp³-hybridized carbons (Fsp3) is 0.462. The second-order valence-corrected chi connectivity index (χ2v) is 4.98. The maximum atomic E-state index is 10.4. The van der Waals surface area contributed by atoms with E-state index in [1.54, 1.807) is 0 Å². The van der Waals surface area contributed by atoms with Crippen LogP contribution in [0.3, 0.4) is 0 Å². The Labute approximate surface area is 111 Å². The number of amides is 1. The monoisotopic (exact) mass is 268 g/mol. The molecule has 1 fully saturated rings. The summed E-state index contributed by atoms with van der Waals surface area (Å²) in [6.45, 7) is 0.976. The summed E-state index contributed by atoms with van der Waals surface area (Å²) in [5, 5.41) is 4.11. The fourth-order valence-corrected chi connectivity index (χ4v) is 2.43. The number of hydrogen-bond donors (Lipinski definition) is 2. The molecule has 0 radical (unpaired) electrons. The van der Waals surface area contributed by atoms with Crippen molar-refractivity contribution in [3.8, 4) is 0 Å². The molecule has 2 rings (SSSR count). The van der Waals surface area contributed by atoms with E-state index in [1.165, 1.54) is 5.56 Å². The van der Waals surface area contributed by atoms with Gasteiger partial charge in [-0.3, -0.25) is 0 Å². The van der Waals surface area contributed by atoms with Crippen LogP contribution in [0.2, 0.25) is 5.02 Å². The summed E-state index contributed by atoms with van der Waals surface area (Å²) < 4.78 is 4.65. The summed E-state index contributed by atoms with van der Waals surface area (Å²) in [5.41, 5.74) is 6.17. The van der Waals surface area contributed by atoms with Crippen molar-refractivity contribution in [1.82, 2.24) is 5.32 Å². The van der Waals surface area contributed by atoms with Crippen LogP contribution < -0.4 is 11.1 Å². The van der Waals surface area contributed by atoms with Gasteiger partial charge in [-0.2, -0.15) is 0 Å². The number of carbonyl (C=O) groups excluding carboxylic acids is 1. The molecule has 3 N–H and O–H groups in total. The molecule has 4 nitrogen and oxygen atoms in total. The van der Waals surface area contributed by atoms with Crippen LogP contribution in [0.15, 0.2) is 24.3 Å². The quantitative estimate of drug-likeness (QED) is 0.805. The molecule has 0 bridgehead atoms. The number of halogens is 1. The Hall–Kier alpha value is -1.26. The average Bonchev–Trinajstić information content (AvgIpc) is 2.25. The van der Waals surface area contributed by atoms with Crippen molar-refractivity contribution >= 4 is 17.7 Å². The van der Waals surface area contributed by atoms with Gasteiger partial charge in [-0.05, 0) is 36.5 Å². The van der Waals surface area contributed by atoms with Crippen molar-refractivity contribution in [2.45, 2.75) is 24.8 Å². The minimum absolute atomic E-state index is 0.327. The summed E-state index contributed by atoms with van der Waals surface area (Å²) in [5.74, 6) is 0.582. The van der Waals surface area contributed by atoms with Gasteiger partial charge in [0.1, 0.15) is 6.61 Å². The molecule has 0 atom stereocenters. The smallest absolute Gasteiger partial charge is 0.404 e. The normalized spacial score (nSPS) is 22.3. The van der Waals surface area contributed by atoms with Crippen molar-refractivity contribution < 1.29 is 9.53 Å². The first-order valence-corrected chi connectivity index (χ1v) is 6.44. The van der Waals surface area contributed by atoms with E-state index >= 15 is 0 Å². The SMILES string of the molecule is NC(=O)OCCNC1CC(c2cccc(Cl)c2)C1. The average molecular weight is 269 g/mol. The Morgan fingerprint density at radius 1 is 1.50 bits per heavy atom. The number of rotatable bonds is 5. The lowest BCUT2D eigenvalue weighted by atomic mass is 9.76. The molecule has 18 heavy (non-hydrogen) atoms. The largest absolute Gasteiger partial charge is 0.448 e. The first-order valence-electron chi connectivity index (χ1n) is 6.06. The van der Waals surface area contributed by atoms with Crippen LogP contribution in [0.25, 0.3) is 0 Å². The van der Waals surface area contributed by atoms with E-state index in [1.807, 2.05) is 18.2 Å². The lowest BCUT2D eigenvalue weighted by molar-refractivity contribution is 0.152. The van der Waals surface area contributed by atoms with Gasteiger partial charge < -0.3 is 15.8 Å². The Bertz CT molecular complexity index is 419. The Morgan fingerprint density at radius 2 is 2.28 bits per heavy atom. The molecular formula is C13H17ClN2O2. The Morgan fingerprint density at radius 3 is 2.94 bits per heavy atom. The minimum Gasteiger partial charge on any atom is -0.448 e. The van der Waals surface area contributed by atoms with Gasteiger partial charge in [0.2, 0.25) is 0 Å². The van der Waals surface area contributed by atoms with Crippen molar-refractivity contribution in [1.29, 1.82) is 0 Å². The van der Waals surface area contributed by atoms with Crippen LogP contribution in [0.4, 0.5) is 4.79 Å². The molecular weight excluding hydrogens is 252 g/mol. The molecule has 98 valence electrons. The van der Waals surface area contributed by atoms with Crippen LogP contribution in [0.1, 0.15) is 24.3 Å². The van der Waals surface area contributed by atoms with E-state index in [0.717, 1.165) is 17.9 Å². The highest BCUT2D eigenvalue weighted by molar-refractivity contribution is 6.30. The van der Waals surface area contributed by atoms with Crippen molar-refractivity contribution in [2.24, 2.45) is 5.73 Å². The van der Waals surface area contributed by atoms with E-state index in [9.17, 15) is 4.79 Å². The van der Waals surface area contributed by atoms with Gasteiger partial charge in [-0.25, -0.2) is 4.79 Å². The lowest BCUT2D eigenvalue weighted by Gasteiger charge is -2.36. The Kier molecular flexibility index (Phi) is 4.44. The van der Waals surface area contributed by atoms with E-state index in [2.05, 4.69) is 16.1 Å². The third-order valence-corrected chi connectivity index (χ3v) is 3.47. The first kappa shape index (κ1) is 13.2. The first-order chi connectivity index (χ1) is 8.65. The van der Waals surface area contributed by atoms with Gasteiger partial charge in [0.05, 0.1) is 0 Å². The molecule has 0 saturated heterocycles. The molecule has 1 aromatic carbocycles. The van der Waals surface area contributed by atoms with Gasteiger partial charge in [0, 0.05) is 17.6 Å². The number of carbonyl (C=O) groups is 1. The summed E-state index contributed by atoms with van der Waals surface area (Å²) in [6, 6.07) is 8.51. The third kappa shape index (κ3) is 3.62. The van der Waals surface area contributed by atoms with E-state index < -0.39 is 6.09 Å². The van der Waals surface area contributed by atoms with E-state index in [-0.39, 0.29) is 0 Å². The number of benzene rings is 1. The second kappa shape index (κ2) is 6.07. The standard InChI is InChI=1S/C13H17ClN2O2/c14-11-3-1-2-9(6-11)10-7-12(8-10)16-4-5-18-13(15)17/h1-3,6,10,12,16H,4-5,7-8H2,(H2,15,17). The molecule has 5 heteroatoms. The molecule has 0 spiro atoms. The predicted molar refractivity (Wildman–Crippen MR) is 70.8 cm³/mol. The highest BCUT2D eigenvalue weighted by Crippen LogP contribution is 2.37. The minimum atomic E-state index is -0.720. The third-order valence-electron chi connectivity index (χ3n) is 3.24. The summed E-state index contributed by atoms with van der Waals surface area (Å²) in [6.07, 6.45) is 1.47. The van der Waals surface area contributed by atoms with Crippen molar-refractivity contribution in [2.75, 3.05) is 13.2 Å². The number of ether oxygens (including phenoxy) is 1. The van der Waals surface area contributed by atoms with Crippen molar-refractivity contribution in [3.05, 3.63) is 34.9 Å². The van der Waals surface area contributed by atoms with Crippen LogP contribution in [0, 0.1) is 0 Å². The zero-order chi connectivity index (χ0) is 13.0. The number of nitrogens with one attached hydrogen (secondary N) is 1. The molecule has 1 aliphatic carbocycles. The van der Waals surface area contributed by atoms with Crippen LogP contribution in [-0.2, 0) is 4.74 Å². The maximum absolute atomic E-state index is 10.4. The van der Waals surface area contributed by atoms with Crippen LogP contribution in [-0.4, -0.2) is 25.3 Å². The van der Waals surface area contributed by atoms with Crippen LogP contribution in [0.5, 0.6) is 0 Å². The maximum Gasteiger partial charge on any atom is 0.404 e. The molecule has 0 aromatic heterocycles. The Balaban J connectivity index is 1.66. The summed E-state index contributed by atoms with van der Waals surface area (Å²) in [7, 11) is 0. The van der Waals surface area contributed by atoms with Gasteiger partial charge in [-0.1, -0.05) is 23.7 Å². The number of hydrogen-bond acceptors (Lipinski definition) is 3. The molecule has 0 unspecified atom stereocenters. The molecule has 1 amide bonds. The predicted octanol–water partition coefficient (Wildman–Crippen LogP) is 2.27. The molecule has 0 heterocycles. The zero-order valence-electron chi connectivity index (χ0n) is 10.1. The molecule has 1 aromatic rings. The summed E-state index contributed by atoms with van der Waals surface area (Å²) >= 11 is 5.96. The second-order valence-electron chi connectivity index (χ2n) is 4.54. The fourth-order valence-electron chi connectivity index (χ4n) is 2.23. The lowest BCUT2D eigenvalue weighted by Crippen LogP contribution is -2.41. The van der Waals surface area contributed by atoms with Crippen LogP contribution >= 0.6 is 11.6 Å². The highest BCUT2D eigenvalue weighted by atomic mass is 35.5. The van der Waals surface area contributed by atoms with E-state index in [0.29, 0.717) is 25.1 Å². The topological polar surface area (TPSA) is 64.4 Å². The van der Waals surface area contributed by atoms with Crippen molar-refractivity contribution in [3.63, 3.8) is 0 Å². The molecule has 0 aliphatic heterocycles. The summed E-state index contributed by atoms with van der Waals surface area (Å²) in [4.78, 5) is 10.4. The van der Waals surface area contributed by atoms with Gasteiger partial charge >= 0.3 is 6.09 Å².